The van der Waals surface area contributed by atoms with Gasteiger partial charge in [-0.2, -0.15) is 0 Å². The summed E-state index contributed by atoms with van der Waals surface area (Å²) in [6, 6.07) is 12.2. The number of hydrogen-bond donors (Lipinski definition) is 2. The van der Waals surface area contributed by atoms with Crippen LogP contribution in [-0.4, -0.2) is 47.1 Å². The first-order valence-electron chi connectivity index (χ1n) is 8.97. The summed E-state index contributed by atoms with van der Waals surface area (Å²) >= 11 is 0.933. The fourth-order valence-electron chi connectivity index (χ4n) is 2.54. The maximum Gasteiger partial charge on any atom is 0.342 e. The lowest BCUT2D eigenvalue weighted by Crippen LogP contribution is -1.97. The van der Waals surface area contributed by atoms with Crippen molar-refractivity contribution in [3.05, 3.63) is 52.9 Å². The molecule has 0 aliphatic heterocycles. The van der Waals surface area contributed by atoms with Gasteiger partial charge >= 0.3 is 5.97 Å². The van der Waals surface area contributed by atoms with E-state index in [2.05, 4.69) is 21.1 Å². The standard InChI is InChI=1S/C22H19N3O5S/c1-4-9-30-16-7-5-14(6-8-16)10-19(21(26)27)31-22-23-20(24-25-22)15-11-17(28-2)13-18(12-15)29-3/h1,5-8,10-13H,9H2,2-3H3,(H,26,27)(H,23,24,25)/b19-10-. The van der Waals surface area contributed by atoms with Crippen molar-refractivity contribution < 1.29 is 24.1 Å². The number of rotatable bonds is 9. The number of nitrogens with zero attached hydrogens (tertiary/aromatic N) is 2. The summed E-state index contributed by atoms with van der Waals surface area (Å²) in [5.74, 6) is 3.55. The van der Waals surface area contributed by atoms with Crippen molar-refractivity contribution in [3.63, 3.8) is 0 Å². The molecule has 1 heterocycles. The first-order valence-corrected chi connectivity index (χ1v) is 9.79. The fourth-order valence-corrected chi connectivity index (χ4v) is 3.24. The molecule has 0 fully saturated rings. The van der Waals surface area contributed by atoms with Gasteiger partial charge in [0.2, 0.25) is 5.16 Å². The third-order valence-electron chi connectivity index (χ3n) is 4.00. The van der Waals surface area contributed by atoms with E-state index in [0.717, 1.165) is 11.8 Å². The summed E-state index contributed by atoms with van der Waals surface area (Å²) in [6.45, 7) is 0.164. The Morgan fingerprint density at radius 1 is 1.16 bits per heavy atom. The number of thioether (sulfide) groups is 1. The van der Waals surface area contributed by atoms with E-state index < -0.39 is 5.97 Å². The Kier molecular flexibility index (Phi) is 7.19. The highest BCUT2D eigenvalue weighted by molar-refractivity contribution is 8.04. The highest BCUT2D eigenvalue weighted by atomic mass is 32.2. The first kappa shape index (κ1) is 21.8. The molecule has 0 aliphatic rings. The molecule has 31 heavy (non-hydrogen) atoms. The Balaban J connectivity index is 1.80. The average Bonchev–Trinajstić information content (AvgIpc) is 3.26. The summed E-state index contributed by atoms with van der Waals surface area (Å²) in [6.07, 6.45) is 6.70. The van der Waals surface area contributed by atoms with Crippen molar-refractivity contribution in [3.8, 4) is 41.0 Å². The van der Waals surface area contributed by atoms with E-state index in [4.69, 9.17) is 20.6 Å². The molecule has 9 heteroatoms. The Labute approximate surface area is 183 Å². The number of methoxy groups -OCH3 is 2. The average molecular weight is 437 g/mol. The van der Waals surface area contributed by atoms with Gasteiger partial charge in [-0.1, -0.05) is 18.1 Å². The molecule has 2 aromatic carbocycles. The van der Waals surface area contributed by atoms with E-state index in [1.807, 2.05) is 0 Å². The lowest BCUT2D eigenvalue weighted by molar-refractivity contribution is -0.131. The van der Waals surface area contributed by atoms with Crippen molar-refractivity contribution >= 4 is 23.8 Å². The van der Waals surface area contributed by atoms with Crippen LogP contribution in [0.15, 0.2) is 52.5 Å². The van der Waals surface area contributed by atoms with E-state index in [1.54, 1.807) is 56.7 Å². The van der Waals surface area contributed by atoms with Crippen molar-refractivity contribution in [2.24, 2.45) is 0 Å². The number of terminal acetylenes is 1. The number of hydrogen-bond acceptors (Lipinski definition) is 7. The van der Waals surface area contributed by atoms with Crippen LogP contribution in [-0.2, 0) is 4.79 Å². The zero-order valence-corrected chi connectivity index (χ0v) is 17.6. The molecule has 0 saturated heterocycles. The van der Waals surface area contributed by atoms with E-state index in [-0.39, 0.29) is 16.7 Å². The Morgan fingerprint density at radius 2 is 1.84 bits per heavy atom. The number of H-pyrrole nitrogens is 1. The van der Waals surface area contributed by atoms with Gasteiger partial charge in [0.15, 0.2) is 5.82 Å². The molecular weight excluding hydrogens is 418 g/mol. The Morgan fingerprint density at radius 3 is 2.42 bits per heavy atom. The van der Waals surface area contributed by atoms with Crippen molar-refractivity contribution in [1.82, 2.24) is 15.2 Å². The SMILES string of the molecule is C#CCOc1ccc(/C=C(\Sc2n[nH]c(-c3cc(OC)cc(OC)c3)n2)C(=O)O)cc1. The number of aromatic amines is 1. The molecule has 3 rings (SSSR count). The molecule has 0 amide bonds. The number of nitrogens with one attached hydrogen (secondary N) is 1. The highest BCUT2D eigenvalue weighted by Gasteiger charge is 2.15. The number of carbonyl (C=O) groups is 1. The number of ether oxygens (including phenoxy) is 3. The monoisotopic (exact) mass is 437 g/mol. The summed E-state index contributed by atoms with van der Waals surface area (Å²) < 4.78 is 15.8. The predicted octanol–water partition coefficient (Wildman–Crippen LogP) is 3.72. The van der Waals surface area contributed by atoms with E-state index in [1.165, 1.54) is 6.08 Å². The molecule has 8 nitrogen and oxygen atoms in total. The summed E-state index contributed by atoms with van der Waals surface area (Å²) in [4.78, 5) is 16.2. The van der Waals surface area contributed by atoms with Gasteiger partial charge in [0.05, 0.1) is 14.2 Å². The van der Waals surface area contributed by atoms with E-state index >= 15 is 0 Å². The van der Waals surface area contributed by atoms with Crippen LogP contribution >= 0.6 is 11.8 Å². The maximum absolute atomic E-state index is 11.7. The molecule has 1 aromatic heterocycles. The zero-order chi connectivity index (χ0) is 22.2. The largest absolute Gasteiger partial charge is 0.497 e. The van der Waals surface area contributed by atoms with Crippen molar-refractivity contribution in [2.75, 3.05) is 20.8 Å². The molecule has 158 valence electrons. The summed E-state index contributed by atoms with van der Waals surface area (Å²) in [5, 5.41) is 16.8. The van der Waals surface area contributed by atoms with Gasteiger partial charge in [0.25, 0.3) is 0 Å². The minimum atomic E-state index is -1.09. The number of benzene rings is 2. The minimum Gasteiger partial charge on any atom is -0.497 e. The molecule has 2 N–H and O–H groups in total. The van der Waals surface area contributed by atoms with Gasteiger partial charge in [-0.3, -0.25) is 5.10 Å². The Bertz CT molecular complexity index is 1110. The van der Waals surface area contributed by atoms with Gasteiger partial charge in [-0.05, 0) is 47.7 Å². The van der Waals surface area contributed by atoms with Gasteiger partial charge in [-0.25, -0.2) is 9.78 Å². The fraction of sp³-hybridized carbons (Fsp3) is 0.136. The van der Waals surface area contributed by atoms with E-state index in [9.17, 15) is 9.90 Å². The highest BCUT2D eigenvalue weighted by Crippen LogP contribution is 2.31. The van der Waals surface area contributed by atoms with Crippen molar-refractivity contribution in [2.45, 2.75) is 5.16 Å². The van der Waals surface area contributed by atoms with Crippen LogP contribution in [0.25, 0.3) is 17.5 Å². The first-order chi connectivity index (χ1) is 15.0. The molecular formula is C22H19N3O5S. The van der Waals surface area contributed by atoms with Gasteiger partial charge in [0.1, 0.15) is 28.8 Å². The second kappa shape index (κ2) is 10.2. The Hall–Kier alpha value is -3.90. The van der Waals surface area contributed by atoms with Gasteiger partial charge in [0, 0.05) is 11.6 Å². The molecule has 0 saturated carbocycles. The molecule has 0 atom stereocenters. The number of carboxylic acids is 1. The minimum absolute atomic E-state index is 0.0612. The summed E-state index contributed by atoms with van der Waals surface area (Å²) in [7, 11) is 3.11. The molecule has 0 spiro atoms. The second-order valence-corrected chi connectivity index (χ2v) is 7.05. The zero-order valence-electron chi connectivity index (χ0n) is 16.8. The van der Waals surface area contributed by atoms with E-state index in [0.29, 0.717) is 34.2 Å². The van der Waals surface area contributed by atoms with Crippen LogP contribution < -0.4 is 14.2 Å². The number of aromatic nitrogens is 3. The molecule has 0 bridgehead atoms. The summed E-state index contributed by atoms with van der Waals surface area (Å²) in [5.41, 5.74) is 1.38. The van der Waals surface area contributed by atoms with Crippen LogP contribution in [0.5, 0.6) is 17.2 Å². The smallest absolute Gasteiger partial charge is 0.342 e. The molecule has 0 aliphatic carbocycles. The lowest BCUT2D eigenvalue weighted by Gasteiger charge is -2.06. The molecule has 3 aromatic rings. The van der Waals surface area contributed by atoms with Crippen LogP contribution in [0.3, 0.4) is 0 Å². The van der Waals surface area contributed by atoms with Crippen LogP contribution in [0.4, 0.5) is 0 Å². The molecule has 0 unspecified atom stereocenters. The molecule has 0 radical (unpaired) electrons. The number of carboxylic acid groups (broad SMARTS) is 1. The van der Waals surface area contributed by atoms with Crippen LogP contribution in [0.2, 0.25) is 0 Å². The van der Waals surface area contributed by atoms with Gasteiger partial charge in [-0.15, -0.1) is 11.5 Å². The maximum atomic E-state index is 11.7. The third kappa shape index (κ3) is 5.81. The quantitative estimate of drug-likeness (QED) is 0.296. The third-order valence-corrected chi connectivity index (χ3v) is 4.88. The van der Waals surface area contributed by atoms with Crippen LogP contribution in [0.1, 0.15) is 5.56 Å². The van der Waals surface area contributed by atoms with Gasteiger partial charge < -0.3 is 19.3 Å². The lowest BCUT2D eigenvalue weighted by atomic mass is 10.2. The number of aliphatic carboxylic acids is 1. The van der Waals surface area contributed by atoms with Crippen molar-refractivity contribution in [1.29, 1.82) is 0 Å². The topological polar surface area (TPSA) is 107 Å². The second-order valence-electron chi connectivity index (χ2n) is 6.05. The predicted molar refractivity (Wildman–Crippen MR) is 117 cm³/mol. The normalized spacial score (nSPS) is 10.9. The van der Waals surface area contributed by atoms with Crippen LogP contribution in [0, 0.1) is 12.3 Å².